The van der Waals surface area contributed by atoms with E-state index in [0.29, 0.717) is 19.3 Å². The molecule has 62 heavy (non-hydrogen) atoms. The van der Waals surface area contributed by atoms with Crippen LogP contribution in [0.1, 0.15) is 233 Å². The maximum Gasteiger partial charge on any atom is 0.306 e. The molecule has 0 aromatic heterocycles. The lowest BCUT2D eigenvalue weighted by atomic mass is 10.0. The van der Waals surface area contributed by atoms with E-state index in [4.69, 9.17) is 4.74 Å². The molecule has 0 saturated carbocycles. The molecule has 0 aromatic rings. The van der Waals surface area contributed by atoms with Crippen molar-refractivity contribution in [2.24, 2.45) is 0 Å². The summed E-state index contributed by atoms with van der Waals surface area (Å²) in [6, 6.07) is -0.722. The average molecular weight is 864 g/mol. The Kier molecular flexibility index (Phi) is 46.7. The number of esters is 1. The minimum Gasteiger partial charge on any atom is -0.462 e. The lowest BCUT2D eigenvalue weighted by Gasteiger charge is -2.24. The SMILES string of the molecule is CCCCC/C=C/C=C/C=C/C=C/CCCCCC(CC(=O)NC(CO)C(O)CCCCCCCCCCC)OC(=O)CCCCCCC/C=C/C=C/C=C/CCCCCCC. The molecule has 3 unspecified atom stereocenters. The predicted molar refractivity (Wildman–Crippen MR) is 268 cm³/mol. The van der Waals surface area contributed by atoms with Crippen LogP contribution in [0.15, 0.2) is 85.1 Å². The zero-order valence-corrected chi connectivity index (χ0v) is 40.5. The summed E-state index contributed by atoms with van der Waals surface area (Å²) in [6.07, 6.45) is 63.5. The maximum absolute atomic E-state index is 13.2. The maximum atomic E-state index is 13.2. The van der Waals surface area contributed by atoms with Gasteiger partial charge in [0.05, 0.1) is 25.2 Å². The molecule has 0 rings (SSSR count). The smallest absolute Gasteiger partial charge is 0.306 e. The van der Waals surface area contributed by atoms with Crippen molar-refractivity contribution >= 4 is 11.9 Å². The van der Waals surface area contributed by atoms with Crippen LogP contribution in [0.5, 0.6) is 0 Å². The first-order valence-electron chi connectivity index (χ1n) is 25.9. The molecule has 0 saturated heterocycles. The molecule has 0 aliphatic carbocycles. The minimum atomic E-state index is -0.805. The van der Waals surface area contributed by atoms with Gasteiger partial charge >= 0.3 is 5.97 Å². The third-order valence-electron chi connectivity index (χ3n) is 11.4. The molecular weight excluding hydrogens is 767 g/mol. The Morgan fingerprint density at radius 3 is 1.29 bits per heavy atom. The fraction of sp³-hybridized carbons (Fsp3) is 0.714. The standard InChI is InChI=1S/C56H97NO5/c1-4-7-10-13-16-19-21-23-25-27-28-30-32-34-37-40-43-46-49-56(61)62-52(47-44-41-38-36-33-31-29-26-24-22-20-17-14-11-8-5-2)50-55(60)57-53(51-58)54(59)48-45-42-39-35-18-15-12-9-6-3/h17,20-31,33,52-54,58-59H,4-16,18-19,32,34-51H2,1-3H3,(H,57,60)/b20-17+,23-21+,24-22+,27-25+,29-26+,30-28+,33-31+. The molecule has 6 heteroatoms. The van der Waals surface area contributed by atoms with Crippen molar-refractivity contribution in [3.05, 3.63) is 85.1 Å². The minimum absolute atomic E-state index is 0.0389. The molecule has 3 atom stereocenters. The Morgan fingerprint density at radius 2 is 0.823 bits per heavy atom. The Balaban J connectivity index is 4.72. The first-order valence-corrected chi connectivity index (χ1v) is 25.9. The summed E-state index contributed by atoms with van der Waals surface area (Å²) in [6.45, 7) is 6.39. The van der Waals surface area contributed by atoms with E-state index >= 15 is 0 Å². The molecule has 6 nitrogen and oxygen atoms in total. The molecule has 0 fully saturated rings. The van der Waals surface area contributed by atoms with E-state index in [1.54, 1.807) is 0 Å². The highest BCUT2D eigenvalue weighted by Crippen LogP contribution is 2.17. The van der Waals surface area contributed by atoms with E-state index in [-0.39, 0.29) is 24.9 Å². The third kappa shape index (κ3) is 43.7. The summed E-state index contributed by atoms with van der Waals surface area (Å²) in [4.78, 5) is 26.1. The van der Waals surface area contributed by atoms with Crippen LogP contribution in [0, 0.1) is 0 Å². The number of carbonyl (C=O) groups is 2. The van der Waals surface area contributed by atoms with Gasteiger partial charge in [-0.1, -0.05) is 228 Å². The number of hydrogen-bond donors (Lipinski definition) is 3. The van der Waals surface area contributed by atoms with E-state index in [0.717, 1.165) is 96.3 Å². The molecule has 0 radical (unpaired) electrons. The summed E-state index contributed by atoms with van der Waals surface area (Å²) in [5.41, 5.74) is 0. The van der Waals surface area contributed by atoms with Crippen molar-refractivity contribution in [2.75, 3.05) is 6.61 Å². The first-order chi connectivity index (χ1) is 30.5. The molecule has 0 aromatic carbocycles. The molecule has 0 aliphatic heterocycles. The van der Waals surface area contributed by atoms with Crippen molar-refractivity contribution in [1.82, 2.24) is 5.32 Å². The van der Waals surface area contributed by atoms with Gasteiger partial charge in [0.1, 0.15) is 6.10 Å². The van der Waals surface area contributed by atoms with Crippen molar-refractivity contribution in [3.63, 3.8) is 0 Å². The largest absolute Gasteiger partial charge is 0.462 e. The number of aliphatic hydroxyl groups is 2. The molecule has 0 spiro atoms. The normalized spacial score (nSPS) is 14.0. The van der Waals surface area contributed by atoms with Gasteiger partial charge in [-0.3, -0.25) is 9.59 Å². The van der Waals surface area contributed by atoms with Crippen molar-refractivity contribution < 1.29 is 24.5 Å². The Hall–Kier alpha value is -2.96. The van der Waals surface area contributed by atoms with E-state index in [1.165, 1.54) is 89.9 Å². The number of aliphatic hydroxyl groups excluding tert-OH is 2. The second-order valence-electron chi connectivity index (χ2n) is 17.4. The first kappa shape index (κ1) is 59.0. The van der Waals surface area contributed by atoms with Crippen LogP contribution >= 0.6 is 0 Å². The average Bonchev–Trinajstić information content (AvgIpc) is 3.26. The van der Waals surface area contributed by atoms with Crippen LogP contribution in [-0.2, 0) is 14.3 Å². The molecule has 0 bridgehead atoms. The van der Waals surface area contributed by atoms with Crippen LogP contribution in [-0.4, -0.2) is 46.9 Å². The Labute approximate surface area is 383 Å². The molecule has 356 valence electrons. The van der Waals surface area contributed by atoms with E-state index < -0.39 is 18.2 Å². The molecule has 0 aliphatic rings. The Bertz CT molecular complexity index is 1200. The van der Waals surface area contributed by atoms with Gasteiger partial charge in [-0.25, -0.2) is 0 Å². The quantitative estimate of drug-likeness (QED) is 0.0322. The second kappa shape index (κ2) is 49.1. The number of rotatable bonds is 45. The summed E-state index contributed by atoms with van der Waals surface area (Å²) in [7, 11) is 0. The lowest BCUT2D eigenvalue weighted by molar-refractivity contribution is -0.151. The van der Waals surface area contributed by atoms with Crippen LogP contribution in [0.4, 0.5) is 0 Å². The monoisotopic (exact) mass is 864 g/mol. The van der Waals surface area contributed by atoms with Gasteiger partial charge in [0.15, 0.2) is 0 Å². The highest BCUT2D eigenvalue weighted by Gasteiger charge is 2.24. The van der Waals surface area contributed by atoms with Crippen LogP contribution in [0.25, 0.3) is 0 Å². The lowest BCUT2D eigenvalue weighted by Crippen LogP contribution is -2.46. The van der Waals surface area contributed by atoms with Gasteiger partial charge in [0, 0.05) is 6.42 Å². The zero-order chi connectivity index (χ0) is 45.2. The van der Waals surface area contributed by atoms with Gasteiger partial charge in [0.25, 0.3) is 0 Å². The van der Waals surface area contributed by atoms with E-state index in [2.05, 4.69) is 105 Å². The van der Waals surface area contributed by atoms with Crippen LogP contribution in [0.3, 0.4) is 0 Å². The van der Waals surface area contributed by atoms with Crippen LogP contribution in [0.2, 0.25) is 0 Å². The Morgan fingerprint density at radius 1 is 0.468 bits per heavy atom. The number of amides is 1. The van der Waals surface area contributed by atoms with Gasteiger partial charge in [-0.05, 0) is 77.0 Å². The highest BCUT2D eigenvalue weighted by atomic mass is 16.5. The summed E-state index contributed by atoms with van der Waals surface area (Å²) in [5.74, 6) is -0.541. The zero-order valence-electron chi connectivity index (χ0n) is 40.5. The van der Waals surface area contributed by atoms with Gasteiger partial charge < -0.3 is 20.3 Å². The van der Waals surface area contributed by atoms with E-state index in [9.17, 15) is 19.8 Å². The molecule has 1 amide bonds. The number of allylic oxidation sites excluding steroid dienone is 14. The second-order valence-corrected chi connectivity index (χ2v) is 17.4. The topological polar surface area (TPSA) is 95.9 Å². The van der Waals surface area contributed by atoms with Crippen molar-refractivity contribution in [1.29, 1.82) is 0 Å². The van der Waals surface area contributed by atoms with Gasteiger partial charge in [-0.2, -0.15) is 0 Å². The van der Waals surface area contributed by atoms with E-state index in [1.807, 2.05) is 6.08 Å². The summed E-state index contributed by atoms with van der Waals surface area (Å²) >= 11 is 0. The van der Waals surface area contributed by atoms with Crippen molar-refractivity contribution in [2.45, 2.75) is 251 Å². The molecular formula is C56H97NO5. The highest BCUT2D eigenvalue weighted by molar-refractivity contribution is 5.77. The fourth-order valence-corrected chi connectivity index (χ4v) is 7.38. The van der Waals surface area contributed by atoms with Gasteiger partial charge in [-0.15, -0.1) is 0 Å². The number of carbonyl (C=O) groups excluding carboxylic acids is 2. The number of nitrogens with one attached hydrogen (secondary N) is 1. The van der Waals surface area contributed by atoms with Gasteiger partial charge in [0.2, 0.25) is 5.91 Å². The number of ether oxygens (including phenoxy) is 1. The molecule has 3 N–H and O–H groups in total. The fourth-order valence-electron chi connectivity index (χ4n) is 7.38. The number of unbranched alkanes of at least 4 members (excludes halogenated alkanes) is 24. The van der Waals surface area contributed by atoms with Crippen molar-refractivity contribution in [3.8, 4) is 0 Å². The summed E-state index contributed by atoms with van der Waals surface area (Å²) < 4.78 is 5.91. The summed E-state index contributed by atoms with van der Waals surface area (Å²) in [5, 5.41) is 23.7. The third-order valence-corrected chi connectivity index (χ3v) is 11.4. The van der Waals surface area contributed by atoms with Crippen LogP contribution < -0.4 is 5.32 Å². The number of hydrogen-bond acceptors (Lipinski definition) is 5. The molecule has 0 heterocycles. The predicted octanol–water partition coefficient (Wildman–Crippen LogP) is 15.6.